The molecule has 6 heteroatoms. The highest BCUT2D eigenvalue weighted by molar-refractivity contribution is 5.97. The molecule has 2 rings (SSSR count). The van der Waals surface area contributed by atoms with E-state index < -0.39 is 11.7 Å². The van der Waals surface area contributed by atoms with E-state index in [0.717, 1.165) is 12.1 Å². The molecule has 0 saturated carbocycles. The molecular formula is C15H11FN2O3. The number of carbonyl (C=O) groups is 1. The van der Waals surface area contributed by atoms with Crippen LogP contribution in [0.5, 0.6) is 11.5 Å². The molecule has 0 aliphatic carbocycles. The molecule has 0 bridgehead atoms. The highest BCUT2D eigenvalue weighted by atomic mass is 19.1. The van der Waals surface area contributed by atoms with Crippen LogP contribution in [0.3, 0.4) is 0 Å². The molecular weight excluding hydrogens is 275 g/mol. The van der Waals surface area contributed by atoms with Crippen LogP contribution in [0.25, 0.3) is 0 Å². The third-order valence-electron chi connectivity index (χ3n) is 2.85. The number of hydrogen-bond donors (Lipinski definition) is 3. The summed E-state index contributed by atoms with van der Waals surface area (Å²) < 4.78 is 13.6. The van der Waals surface area contributed by atoms with Crippen molar-refractivity contribution in [3.8, 4) is 17.6 Å². The van der Waals surface area contributed by atoms with Crippen LogP contribution >= 0.6 is 0 Å². The van der Waals surface area contributed by atoms with Crippen LogP contribution in [0, 0.1) is 17.1 Å². The van der Waals surface area contributed by atoms with Gasteiger partial charge >= 0.3 is 0 Å². The molecule has 0 spiro atoms. The molecule has 0 unspecified atom stereocenters. The Kier molecular flexibility index (Phi) is 4.05. The van der Waals surface area contributed by atoms with Crippen molar-refractivity contribution in [3.63, 3.8) is 0 Å². The number of carbonyl (C=O) groups excluding carboxylic acids is 1. The maximum Gasteiger partial charge on any atom is 0.255 e. The standard InChI is InChI=1S/C15H11FN2O3/c16-13-5-9(7-17)1-2-10(13)8-18-15(21)12-6-11(19)3-4-14(12)20/h1-6,19-20H,8H2,(H,18,21). The minimum absolute atomic E-state index is 0.106. The van der Waals surface area contributed by atoms with Crippen molar-refractivity contribution < 1.29 is 19.4 Å². The van der Waals surface area contributed by atoms with Crippen LogP contribution in [0.4, 0.5) is 4.39 Å². The van der Waals surface area contributed by atoms with Crippen LogP contribution in [0.1, 0.15) is 21.5 Å². The highest BCUT2D eigenvalue weighted by Gasteiger charge is 2.12. The Labute approximate surface area is 119 Å². The fourth-order valence-electron chi connectivity index (χ4n) is 1.74. The van der Waals surface area contributed by atoms with Crippen LogP contribution in [-0.2, 0) is 6.54 Å². The number of nitriles is 1. The first-order valence-corrected chi connectivity index (χ1v) is 6.00. The van der Waals surface area contributed by atoms with Crippen molar-refractivity contribution in [1.29, 1.82) is 5.26 Å². The normalized spacial score (nSPS) is 9.90. The number of halogens is 1. The number of benzene rings is 2. The van der Waals surface area contributed by atoms with Crippen LogP contribution < -0.4 is 5.32 Å². The minimum atomic E-state index is -0.646. The summed E-state index contributed by atoms with van der Waals surface area (Å²) in [4.78, 5) is 11.9. The van der Waals surface area contributed by atoms with Crippen molar-refractivity contribution in [3.05, 3.63) is 58.9 Å². The summed E-state index contributed by atoms with van der Waals surface area (Å²) >= 11 is 0. The zero-order valence-electron chi connectivity index (χ0n) is 10.8. The Hall–Kier alpha value is -3.07. The fraction of sp³-hybridized carbons (Fsp3) is 0.0667. The lowest BCUT2D eigenvalue weighted by atomic mass is 10.1. The smallest absolute Gasteiger partial charge is 0.255 e. The van der Waals surface area contributed by atoms with Gasteiger partial charge in [0.15, 0.2) is 0 Å². The summed E-state index contributed by atoms with van der Waals surface area (Å²) in [6.45, 7) is -0.106. The second-order valence-corrected chi connectivity index (χ2v) is 4.30. The second kappa shape index (κ2) is 5.92. The van der Waals surface area contributed by atoms with Gasteiger partial charge in [0.2, 0.25) is 0 Å². The van der Waals surface area contributed by atoms with Gasteiger partial charge in [0.1, 0.15) is 17.3 Å². The lowest BCUT2D eigenvalue weighted by Crippen LogP contribution is -2.23. The number of rotatable bonds is 3. The first kappa shape index (κ1) is 14.3. The molecule has 2 aromatic carbocycles. The van der Waals surface area contributed by atoms with Gasteiger partial charge in [0.05, 0.1) is 17.2 Å². The predicted octanol–water partition coefficient (Wildman–Crippen LogP) is 2.04. The zero-order chi connectivity index (χ0) is 15.4. The summed E-state index contributed by atoms with van der Waals surface area (Å²) in [7, 11) is 0. The Morgan fingerprint density at radius 2 is 2.00 bits per heavy atom. The zero-order valence-corrected chi connectivity index (χ0v) is 10.8. The Morgan fingerprint density at radius 3 is 2.67 bits per heavy atom. The van der Waals surface area contributed by atoms with E-state index >= 15 is 0 Å². The molecule has 0 aliphatic heterocycles. The van der Waals surface area contributed by atoms with Crippen LogP contribution in [0.2, 0.25) is 0 Å². The van der Waals surface area contributed by atoms with E-state index in [2.05, 4.69) is 5.32 Å². The van der Waals surface area contributed by atoms with Gasteiger partial charge in [-0.2, -0.15) is 5.26 Å². The van der Waals surface area contributed by atoms with Crippen molar-refractivity contribution in [2.24, 2.45) is 0 Å². The maximum absolute atomic E-state index is 13.6. The van der Waals surface area contributed by atoms with Gasteiger partial charge in [-0.3, -0.25) is 4.79 Å². The molecule has 0 aromatic heterocycles. The summed E-state index contributed by atoms with van der Waals surface area (Å²) in [5.74, 6) is -1.70. The highest BCUT2D eigenvalue weighted by Crippen LogP contribution is 2.22. The van der Waals surface area contributed by atoms with Gasteiger partial charge in [-0.15, -0.1) is 0 Å². The van der Waals surface area contributed by atoms with Gasteiger partial charge in [-0.1, -0.05) is 6.07 Å². The van der Waals surface area contributed by atoms with E-state index in [-0.39, 0.29) is 34.7 Å². The number of phenols is 2. The van der Waals surface area contributed by atoms with Crippen LogP contribution in [0.15, 0.2) is 36.4 Å². The summed E-state index contributed by atoms with van der Waals surface area (Å²) in [6.07, 6.45) is 0. The average molecular weight is 286 g/mol. The molecule has 0 saturated heterocycles. The van der Waals surface area contributed by atoms with Crippen LogP contribution in [-0.4, -0.2) is 16.1 Å². The van der Waals surface area contributed by atoms with E-state index in [1.54, 1.807) is 0 Å². The van der Waals surface area contributed by atoms with Crippen molar-refractivity contribution in [1.82, 2.24) is 5.32 Å². The topological polar surface area (TPSA) is 93.4 Å². The number of phenolic OH excluding ortho intramolecular Hbond substituents is 2. The molecule has 0 atom stereocenters. The minimum Gasteiger partial charge on any atom is -0.508 e. The number of nitrogens with zero attached hydrogens (tertiary/aromatic N) is 1. The summed E-state index contributed by atoms with van der Waals surface area (Å²) in [5, 5.41) is 29.9. The molecule has 0 radical (unpaired) electrons. The summed E-state index contributed by atoms with van der Waals surface area (Å²) in [5.41, 5.74) is 0.291. The Balaban J connectivity index is 2.11. The second-order valence-electron chi connectivity index (χ2n) is 4.30. The first-order valence-electron chi connectivity index (χ1n) is 6.00. The molecule has 21 heavy (non-hydrogen) atoms. The van der Waals surface area contributed by atoms with Crippen molar-refractivity contribution >= 4 is 5.91 Å². The van der Waals surface area contributed by atoms with E-state index in [1.165, 1.54) is 24.3 Å². The molecule has 1 amide bonds. The lowest BCUT2D eigenvalue weighted by molar-refractivity contribution is 0.0947. The van der Waals surface area contributed by atoms with Crippen molar-refractivity contribution in [2.45, 2.75) is 6.54 Å². The average Bonchev–Trinajstić information content (AvgIpc) is 2.48. The number of amides is 1. The number of hydrogen-bond acceptors (Lipinski definition) is 4. The van der Waals surface area contributed by atoms with E-state index in [9.17, 15) is 19.4 Å². The van der Waals surface area contributed by atoms with Gasteiger partial charge < -0.3 is 15.5 Å². The molecule has 3 N–H and O–H groups in total. The maximum atomic E-state index is 13.6. The predicted molar refractivity (Wildman–Crippen MR) is 72.1 cm³/mol. The molecule has 5 nitrogen and oxygen atoms in total. The van der Waals surface area contributed by atoms with Crippen molar-refractivity contribution in [2.75, 3.05) is 0 Å². The van der Waals surface area contributed by atoms with E-state index in [0.29, 0.717) is 0 Å². The molecule has 0 fully saturated rings. The Morgan fingerprint density at radius 1 is 1.24 bits per heavy atom. The first-order chi connectivity index (χ1) is 10.0. The number of nitrogens with one attached hydrogen (secondary N) is 1. The van der Waals surface area contributed by atoms with Gasteiger partial charge in [0.25, 0.3) is 5.91 Å². The molecule has 0 heterocycles. The van der Waals surface area contributed by atoms with E-state index in [1.807, 2.05) is 6.07 Å². The lowest BCUT2D eigenvalue weighted by Gasteiger charge is -2.08. The van der Waals surface area contributed by atoms with Gasteiger partial charge in [-0.05, 0) is 30.3 Å². The molecule has 2 aromatic rings. The van der Waals surface area contributed by atoms with Gasteiger partial charge in [0, 0.05) is 12.1 Å². The molecule has 106 valence electrons. The Bertz CT molecular complexity index is 738. The van der Waals surface area contributed by atoms with Gasteiger partial charge in [-0.25, -0.2) is 4.39 Å². The molecule has 0 aliphatic rings. The monoisotopic (exact) mass is 286 g/mol. The number of aromatic hydroxyl groups is 2. The largest absolute Gasteiger partial charge is 0.508 e. The third-order valence-corrected chi connectivity index (χ3v) is 2.85. The fourth-order valence-corrected chi connectivity index (χ4v) is 1.74. The third kappa shape index (κ3) is 3.28. The quantitative estimate of drug-likeness (QED) is 0.753. The van der Waals surface area contributed by atoms with E-state index in [4.69, 9.17) is 5.26 Å². The SMILES string of the molecule is N#Cc1ccc(CNC(=O)c2cc(O)ccc2O)c(F)c1. The summed E-state index contributed by atoms with van der Waals surface area (Å²) in [6, 6.07) is 9.27.